The van der Waals surface area contributed by atoms with Gasteiger partial charge in [0.25, 0.3) is 0 Å². The number of aromatic nitrogens is 2. The maximum atomic E-state index is 4.87. The van der Waals surface area contributed by atoms with E-state index in [-0.39, 0.29) is 0 Å². The van der Waals surface area contributed by atoms with Gasteiger partial charge in [0.05, 0.1) is 23.0 Å². The van der Waals surface area contributed by atoms with Crippen molar-refractivity contribution in [2.24, 2.45) is 21.2 Å². The van der Waals surface area contributed by atoms with Gasteiger partial charge in [-0.05, 0) is 18.2 Å². The number of azo groups is 1. The minimum absolute atomic E-state index is 0.724. The Balaban J connectivity index is 2.34. The van der Waals surface area contributed by atoms with Gasteiger partial charge in [-0.3, -0.25) is 0 Å². The summed E-state index contributed by atoms with van der Waals surface area (Å²) >= 11 is 0. The number of hydrazone groups is 1. The van der Waals surface area contributed by atoms with E-state index in [0.29, 0.717) is 0 Å². The SMILES string of the molecule is N/N=C/N=Nc1ccc2nc[nH]c2c1. The molecule has 0 radical (unpaired) electrons. The maximum absolute atomic E-state index is 4.87. The van der Waals surface area contributed by atoms with Crippen molar-refractivity contribution < 1.29 is 0 Å². The van der Waals surface area contributed by atoms with Gasteiger partial charge in [0.15, 0.2) is 6.34 Å². The first-order valence-electron chi connectivity index (χ1n) is 3.96. The molecular formula is C8H8N6. The zero-order chi connectivity index (χ0) is 9.80. The first-order valence-corrected chi connectivity index (χ1v) is 3.96. The van der Waals surface area contributed by atoms with Crippen LogP contribution in [-0.2, 0) is 0 Å². The second-order valence-corrected chi connectivity index (χ2v) is 2.58. The van der Waals surface area contributed by atoms with E-state index in [4.69, 9.17) is 5.84 Å². The Hall–Kier alpha value is -2.24. The third kappa shape index (κ3) is 1.58. The maximum Gasteiger partial charge on any atom is 0.157 e. The Morgan fingerprint density at radius 3 is 3.21 bits per heavy atom. The Morgan fingerprint density at radius 1 is 1.43 bits per heavy atom. The van der Waals surface area contributed by atoms with Crippen LogP contribution in [0.3, 0.4) is 0 Å². The molecule has 2 rings (SSSR count). The van der Waals surface area contributed by atoms with Gasteiger partial charge in [-0.2, -0.15) is 5.10 Å². The highest BCUT2D eigenvalue weighted by Crippen LogP contribution is 2.18. The molecule has 2 aromatic rings. The Kier molecular flexibility index (Phi) is 2.18. The highest BCUT2D eigenvalue weighted by Gasteiger charge is 1.95. The lowest BCUT2D eigenvalue weighted by atomic mass is 10.3. The summed E-state index contributed by atoms with van der Waals surface area (Å²) in [5, 5.41) is 10.7. The first-order chi connectivity index (χ1) is 6.90. The van der Waals surface area contributed by atoms with Crippen LogP contribution in [0.15, 0.2) is 39.9 Å². The number of fused-ring (bicyclic) bond motifs is 1. The monoisotopic (exact) mass is 188 g/mol. The van der Waals surface area contributed by atoms with Crippen LogP contribution < -0.4 is 5.84 Å². The van der Waals surface area contributed by atoms with Gasteiger partial charge in [0.1, 0.15) is 0 Å². The topological polar surface area (TPSA) is 91.8 Å². The van der Waals surface area contributed by atoms with Crippen LogP contribution in [0.1, 0.15) is 0 Å². The minimum atomic E-state index is 0.724. The van der Waals surface area contributed by atoms with Crippen LogP contribution in [0.5, 0.6) is 0 Å². The summed E-state index contributed by atoms with van der Waals surface area (Å²) < 4.78 is 0. The van der Waals surface area contributed by atoms with Gasteiger partial charge in [-0.25, -0.2) is 4.98 Å². The molecule has 70 valence electrons. The molecule has 6 nitrogen and oxygen atoms in total. The smallest absolute Gasteiger partial charge is 0.157 e. The predicted molar refractivity (Wildman–Crippen MR) is 53.3 cm³/mol. The number of nitrogens with zero attached hydrogens (tertiary/aromatic N) is 4. The standard InChI is InChI=1S/C8H8N6/c9-12-5-13-14-6-1-2-7-8(3-6)11-4-10-7/h1-5H,9H2,(H,10,11)/b12-5+,14-13?. The molecule has 0 aliphatic heterocycles. The number of rotatable bonds is 2. The van der Waals surface area contributed by atoms with Crippen molar-refractivity contribution in [2.45, 2.75) is 0 Å². The summed E-state index contributed by atoms with van der Waals surface area (Å²) in [6.45, 7) is 0. The van der Waals surface area contributed by atoms with E-state index in [1.165, 1.54) is 6.34 Å². The molecule has 3 N–H and O–H groups in total. The molecule has 0 fully saturated rings. The molecule has 0 aliphatic rings. The molecule has 0 spiro atoms. The van der Waals surface area contributed by atoms with Gasteiger partial charge < -0.3 is 10.8 Å². The number of nitrogens with two attached hydrogens (primary N) is 1. The molecule has 0 aliphatic carbocycles. The Labute approximate surface area is 79.6 Å². The predicted octanol–water partition coefficient (Wildman–Crippen LogP) is 1.55. The number of hydrogen-bond donors (Lipinski definition) is 2. The molecule has 0 amide bonds. The summed E-state index contributed by atoms with van der Waals surface area (Å²) in [6, 6.07) is 5.52. The van der Waals surface area contributed by atoms with Crippen molar-refractivity contribution in [1.82, 2.24) is 9.97 Å². The zero-order valence-electron chi connectivity index (χ0n) is 7.25. The highest BCUT2D eigenvalue weighted by atomic mass is 15.2. The highest BCUT2D eigenvalue weighted by molar-refractivity contribution is 5.77. The summed E-state index contributed by atoms with van der Waals surface area (Å²) in [5.41, 5.74) is 2.55. The molecule has 0 bridgehead atoms. The van der Waals surface area contributed by atoms with Gasteiger partial charge in [-0.15, -0.1) is 10.2 Å². The van der Waals surface area contributed by atoms with Crippen LogP contribution in [0.4, 0.5) is 5.69 Å². The van der Waals surface area contributed by atoms with Crippen LogP contribution in [0.2, 0.25) is 0 Å². The molecular weight excluding hydrogens is 180 g/mol. The molecule has 1 heterocycles. The van der Waals surface area contributed by atoms with E-state index >= 15 is 0 Å². The van der Waals surface area contributed by atoms with E-state index < -0.39 is 0 Å². The fourth-order valence-corrected chi connectivity index (χ4v) is 1.11. The summed E-state index contributed by atoms with van der Waals surface area (Å²) in [5.74, 6) is 4.87. The molecule has 1 aromatic carbocycles. The molecule has 0 saturated carbocycles. The van der Waals surface area contributed by atoms with Crippen LogP contribution in [0.25, 0.3) is 11.0 Å². The molecule has 1 aromatic heterocycles. The van der Waals surface area contributed by atoms with E-state index in [0.717, 1.165) is 16.7 Å². The van der Waals surface area contributed by atoms with Crippen LogP contribution in [0, 0.1) is 0 Å². The van der Waals surface area contributed by atoms with Gasteiger partial charge >= 0.3 is 0 Å². The average Bonchev–Trinajstić information content (AvgIpc) is 2.65. The van der Waals surface area contributed by atoms with Crippen LogP contribution in [-0.4, -0.2) is 16.3 Å². The van der Waals surface area contributed by atoms with E-state index in [9.17, 15) is 0 Å². The van der Waals surface area contributed by atoms with Crippen LogP contribution >= 0.6 is 0 Å². The average molecular weight is 188 g/mol. The second-order valence-electron chi connectivity index (χ2n) is 2.58. The quantitative estimate of drug-likeness (QED) is 0.246. The first kappa shape index (κ1) is 8.36. The number of H-pyrrole nitrogens is 1. The molecule has 14 heavy (non-hydrogen) atoms. The van der Waals surface area contributed by atoms with Gasteiger partial charge in [0.2, 0.25) is 0 Å². The summed E-state index contributed by atoms with van der Waals surface area (Å²) in [7, 11) is 0. The number of imidazole rings is 1. The lowest BCUT2D eigenvalue weighted by Gasteiger charge is -1.90. The number of hydrogen-bond acceptors (Lipinski definition) is 4. The Bertz CT molecular complexity index is 483. The Morgan fingerprint density at radius 2 is 2.36 bits per heavy atom. The number of benzene rings is 1. The van der Waals surface area contributed by atoms with Crippen molar-refractivity contribution in [3.8, 4) is 0 Å². The normalized spacial score (nSPS) is 12.0. The largest absolute Gasteiger partial charge is 0.345 e. The summed E-state index contributed by atoms with van der Waals surface area (Å²) in [4.78, 5) is 7.06. The number of aromatic amines is 1. The number of nitrogens with one attached hydrogen (secondary N) is 1. The fourth-order valence-electron chi connectivity index (χ4n) is 1.11. The van der Waals surface area contributed by atoms with E-state index in [1.54, 1.807) is 6.33 Å². The zero-order valence-corrected chi connectivity index (χ0v) is 7.25. The lowest BCUT2D eigenvalue weighted by Crippen LogP contribution is -1.77. The van der Waals surface area contributed by atoms with Crippen molar-refractivity contribution in [3.63, 3.8) is 0 Å². The summed E-state index contributed by atoms with van der Waals surface area (Å²) in [6.07, 6.45) is 2.81. The molecule has 6 heteroatoms. The minimum Gasteiger partial charge on any atom is -0.345 e. The molecule has 0 saturated heterocycles. The van der Waals surface area contributed by atoms with Gasteiger partial charge in [-0.1, -0.05) is 0 Å². The van der Waals surface area contributed by atoms with E-state index in [2.05, 4.69) is 25.3 Å². The second kappa shape index (κ2) is 3.65. The third-order valence-electron chi connectivity index (χ3n) is 1.70. The van der Waals surface area contributed by atoms with Gasteiger partial charge in [0, 0.05) is 0 Å². The van der Waals surface area contributed by atoms with Crippen molar-refractivity contribution in [2.75, 3.05) is 0 Å². The van der Waals surface area contributed by atoms with E-state index in [1.807, 2.05) is 18.2 Å². The van der Waals surface area contributed by atoms with Crippen molar-refractivity contribution in [3.05, 3.63) is 24.5 Å². The fraction of sp³-hybridized carbons (Fsp3) is 0. The third-order valence-corrected chi connectivity index (χ3v) is 1.70. The molecule has 0 atom stereocenters. The lowest BCUT2D eigenvalue weighted by molar-refractivity contribution is 1.21. The van der Waals surface area contributed by atoms with Crippen molar-refractivity contribution in [1.29, 1.82) is 0 Å². The molecule has 0 unspecified atom stereocenters. The van der Waals surface area contributed by atoms with Crippen molar-refractivity contribution >= 4 is 23.1 Å².